The van der Waals surface area contributed by atoms with Gasteiger partial charge < -0.3 is 0 Å². The van der Waals surface area contributed by atoms with Crippen LogP contribution in [0.3, 0.4) is 0 Å². The second kappa shape index (κ2) is 5.42. The number of hydrogen-bond donors (Lipinski definition) is 0. The highest BCUT2D eigenvalue weighted by Crippen LogP contribution is 2.40. The van der Waals surface area contributed by atoms with Crippen LogP contribution in [-0.2, 0) is 6.18 Å². The Morgan fingerprint density at radius 2 is 1.85 bits per heavy atom. The van der Waals surface area contributed by atoms with Crippen LogP contribution in [-0.4, -0.2) is 11.3 Å². The minimum Gasteiger partial charge on any atom is -0.298 e. The van der Waals surface area contributed by atoms with Crippen molar-refractivity contribution < 1.29 is 18.0 Å². The van der Waals surface area contributed by atoms with Crippen molar-refractivity contribution in [1.82, 2.24) is 4.98 Å². The number of hydrogen-bond acceptors (Lipinski definition) is 2. The predicted molar refractivity (Wildman–Crippen MR) is 70.1 cm³/mol. The van der Waals surface area contributed by atoms with Crippen molar-refractivity contribution in [3.63, 3.8) is 0 Å². The van der Waals surface area contributed by atoms with Gasteiger partial charge in [-0.25, -0.2) is 0 Å². The van der Waals surface area contributed by atoms with Gasteiger partial charge in [0.2, 0.25) is 0 Å². The molecule has 1 aromatic carbocycles. The van der Waals surface area contributed by atoms with Crippen LogP contribution in [0.15, 0.2) is 30.5 Å². The van der Waals surface area contributed by atoms with Crippen LogP contribution in [0.4, 0.5) is 13.2 Å². The third-order valence-corrected chi connectivity index (χ3v) is 3.13. The molecule has 104 valence electrons. The fourth-order valence-electron chi connectivity index (χ4n) is 1.76. The van der Waals surface area contributed by atoms with Crippen LogP contribution in [0.25, 0.3) is 11.3 Å². The van der Waals surface area contributed by atoms with E-state index in [1.807, 2.05) is 0 Å². The average molecular weight is 320 g/mol. The lowest BCUT2D eigenvalue weighted by atomic mass is 10.0. The van der Waals surface area contributed by atoms with E-state index in [1.165, 1.54) is 18.2 Å². The standard InChI is InChI=1S/C13H6Cl2F3NO/c14-8-1-2-9(10(15)5-8)12-11(13(16,17)18)7(6-20)3-4-19-12/h1-6H. The topological polar surface area (TPSA) is 30.0 Å². The van der Waals surface area contributed by atoms with Gasteiger partial charge in [-0.3, -0.25) is 9.78 Å². The van der Waals surface area contributed by atoms with Crippen LogP contribution in [0.1, 0.15) is 15.9 Å². The van der Waals surface area contributed by atoms with E-state index in [0.29, 0.717) is 5.02 Å². The zero-order valence-corrected chi connectivity index (χ0v) is 11.2. The SMILES string of the molecule is O=Cc1ccnc(-c2ccc(Cl)cc2Cl)c1C(F)(F)F. The summed E-state index contributed by atoms with van der Waals surface area (Å²) in [5, 5.41) is 0.317. The molecule has 0 aliphatic heterocycles. The molecule has 20 heavy (non-hydrogen) atoms. The number of pyridine rings is 1. The van der Waals surface area contributed by atoms with Crippen LogP contribution in [0.5, 0.6) is 0 Å². The fourth-order valence-corrected chi connectivity index (χ4v) is 2.26. The number of aromatic nitrogens is 1. The van der Waals surface area contributed by atoms with E-state index in [0.717, 1.165) is 12.3 Å². The van der Waals surface area contributed by atoms with Gasteiger partial charge in [-0.05, 0) is 24.3 Å². The van der Waals surface area contributed by atoms with E-state index in [9.17, 15) is 18.0 Å². The Balaban J connectivity index is 2.77. The van der Waals surface area contributed by atoms with Crippen LogP contribution in [0.2, 0.25) is 10.0 Å². The number of carbonyl (C=O) groups excluding carboxylic acids is 1. The molecule has 0 saturated carbocycles. The lowest BCUT2D eigenvalue weighted by molar-refractivity contribution is -0.137. The van der Waals surface area contributed by atoms with E-state index in [-0.39, 0.29) is 16.9 Å². The first-order valence-electron chi connectivity index (χ1n) is 5.31. The highest BCUT2D eigenvalue weighted by Gasteiger charge is 2.37. The van der Waals surface area contributed by atoms with Crippen molar-refractivity contribution in [3.05, 3.63) is 51.6 Å². The lowest BCUT2D eigenvalue weighted by Crippen LogP contribution is -2.12. The molecule has 0 atom stereocenters. The Morgan fingerprint density at radius 3 is 2.40 bits per heavy atom. The summed E-state index contributed by atoms with van der Waals surface area (Å²) in [6.07, 6.45) is -3.46. The third-order valence-electron chi connectivity index (χ3n) is 2.58. The van der Waals surface area contributed by atoms with E-state index < -0.39 is 23.0 Å². The summed E-state index contributed by atoms with van der Waals surface area (Å²) in [4.78, 5) is 14.5. The Morgan fingerprint density at radius 1 is 1.15 bits per heavy atom. The average Bonchev–Trinajstić information content (AvgIpc) is 2.36. The first-order valence-corrected chi connectivity index (χ1v) is 6.07. The number of nitrogens with zero attached hydrogens (tertiary/aromatic N) is 1. The molecule has 7 heteroatoms. The molecule has 1 heterocycles. The summed E-state index contributed by atoms with van der Waals surface area (Å²) in [5.41, 5.74) is -1.94. The Labute approximate surface area is 122 Å². The van der Waals surface area contributed by atoms with E-state index in [4.69, 9.17) is 23.2 Å². The maximum Gasteiger partial charge on any atom is 0.419 e. The molecule has 2 rings (SSSR count). The molecule has 0 unspecified atom stereocenters. The molecule has 1 aromatic heterocycles. The van der Waals surface area contributed by atoms with Crippen molar-refractivity contribution >= 4 is 29.5 Å². The van der Waals surface area contributed by atoms with Crippen molar-refractivity contribution in [2.75, 3.05) is 0 Å². The van der Waals surface area contributed by atoms with Gasteiger partial charge in [0.15, 0.2) is 6.29 Å². The zero-order valence-electron chi connectivity index (χ0n) is 9.71. The first-order chi connectivity index (χ1) is 9.34. The van der Waals surface area contributed by atoms with Crippen molar-refractivity contribution in [3.8, 4) is 11.3 Å². The largest absolute Gasteiger partial charge is 0.419 e. The quantitative estimate of drug-likeness (QED) is 0.738. The Hall–Kier alpha value is -1.59. The molecular weight excluding hydrogens is 314 g/mol. The van der Waals surface area contributed by atoms with Crippen molar-refractivity contribution in [2.45, 2.75) is 6.18 Å². The zero-order chi connectivity index (χ0) is 14.9. The maximum absolute atomic E-state index is 13.1. The predicted octanol–water partition coefficient (Wildman–Crippen LogP) is 4.89. The fraction of sp³-hybridized carbons (Fsp3) is 0.0769. The van der Waals surface area contributed by atoms with E-state index >= 15 is 0 Å². The van der Waals surface area contributed by atoms with Crippen LogP contribution >= 0.6 is 23.2 Å². The minimum atomic E-state index is -4.72. The number of rotatable bonds is 2. The molecule has 0 spiro atoms. The smallest absolute Gasteiger partial charge is 0.298 e. The number of alkyl halides is 3. The molecular formula is C13H6Cl2F3NO. The Kier molecular flexibility index (Phi) is 4.01. The number of benzene rings is 1. The summed E-state index contributed by atoms with van der Waals surface area (Å²) in [6.45, 7) is 0. The van der Waals surface area contributed by atoms with Gasteiger partial charge in [-0.2, -0.15) is 13.2 Å². The summed E-state index contributed by atoms with van der Waals surface area (Å²) >= 11 is 11.6. The highest BCUT2D eigenvalue weighted by atomic mass is 35.5. The van der Waals surface area contributed by atoms with Crippen LogP contribution in [0, 0.1) is 0 Å². The molecule has 0 N–H and O–H groups in total. The summed E-state index contributed by atoms with van der Waals surface area (Å²) in [7, 11) is 0. The third kappa shape index (κ3) is 2.78. The van der Waals surface area contributed by atoms with Crippen molar-refractivity contribution in [2.24, 2.45) is 0 Å². The molecule has 0 amide bonds. The van der Waals surface area contributed by atoms with Gasteiger partial charge in [0.05, 0.1) is 16.3 Å². The molecule has 0 bridgehead atoms. The molecule has 2 nitrogen and oxygen atoms in total. The van der Waals surface area contributed by atoms with Gasteiger partial charge in [0, 0.05) is 22.3 Å². The van der Waals surface area contributed by atoms with E-state index in [2.05, 4.69) is 4.98 Å². The lowest BCUT2D eigenvalue weighted by Gasteiger charge is -2.15. The highest BCUT2D eigenvalue weighted by molar-refractivity contribution is 6.36. The van der Waals surface area contributed by atoms with Crippen molar-refractivity contribution in [1.29, 1.82) is 0 Å². The monoisotopic (exact) mass is 319 g/mol. The van der Waals surface area contributed by atoms with Gasteiger partial charge in [0.25, 0.3) is 0 Å². The minimum absolute atomic E-state index is 0.0264. The summed E-state index contributed by atoms with van der Waals surface area (Å²) in [6, 6.07) is 5.05. The van der Waals surface area contributed by atoms with Gasteiger partial charge in [-0.1, -0.05) is 23.2 Å². The second-order valence-corrected chi connectivity index (χ2v) is 4.71. The van der Waals surface area contributed by atoms with Gasteiger partial charge in [-0.15, -0.1) is 0 Å². The summed E-state index contributed by atoms with van der Waals surface area (Å²) in [5.74, 6) is 0. The number of carbonyl (C=O) groups is 1. The number of halogens is 5. The molecule has 0 aliphatic rings. The summed E-state index contributed by atoms with van der Waals surface area (Å²) < 4.78 is 39.4. The van der Waals surface area contributed by atoms with Crippen LogP contribution < -0.4 is 0 Å². The molecule has 0 radical (unpaired) electrons. The molecule has 0 aliphatic carbocycles. The van der Waals surface area contributed by atoms with Gasteiger partial charge >= 0.3 is 6.18 Å². The van der Waals surface area contributed by atoms with E-state index in [1.54, 1.807) is 0 Å². The number of aldehydes is 1. The molecule has 2 aromatic rings. The first kappa shape index (κ1) is 14.8. The molecule has 0 saturated heterocycles. The maximum atomic E-state index is 13.1. The van der Waals surface area contributed by atoms with Gasteiger partial charge in [0.1, 0.15) is 0 Å². The Bertz CT molecular complexity index is 671. The second-order valence-electron chi connectivity index (χ2n) is 3.86. The normalized spacial score (nSPS) is 11.4. The molecule has 0 fully saturated rings.